The van der Waals surface area contributed by atoms with Gasteiger partial charge in [0.25, 0.3) is 0 Å². The average molecular weight is 175 g/mol. The Kier molecular flexibility index (Phi) is 2.05. The molecule has 0 heterocycles. The zero-order valence-corrected chi connectivity index (χ0v) is 6.45. The Balaban J connectivity index is 3.14. The van der Waals surface area contributed by atoms with Crippen LogP contribution in [0.5, 0.6) is 0 Å². The predicted octanol–water partition coefficient (Wildman–Crippen LogP) is 1.85. The van der Waals surface area contributed by atoms with Gasteiger partial charge in [-0.15, -0.1) is 0 Å². The van der Waals surface area contributed by atoms with Crippen molar-refractivity contribution >= 4 is 16.6 Å². The number of rotatable bonds is 1. The smallest absolute Gasteiger partial charge is 0.115 e. The highest BCUT2D eigenvalue weighted by Gasteiger charge is 2.17. The number of nitrogens with two attached hydrogens (primary N) is 1. The minimum Gasteiger partial charge on any atom is -0.398 e. The fraction of sp³-hybridized carbons (Fsp3) is 0. The summed E-state index contributed by atoms with van der Waals surface area (Å²) < 4.78 is 26.4. The minimum atomic E-state index is -3.66. The van der Waals surface area contributed by atoms with Gasteiger partial charge in [0.2, 0.25) is 0 Å². The van der Waals surface area contributed by atoms with Gasteiger partial charge in [-0.2, -0.15) is 0 Å². The molecule has 1 aromatic rings. The van der Waals surface area contributed by atoms with E-state index in [-0.39, 0.29) is 10.6 Å². The molecule has 0 unspecified atom stereocenters. The van der Waals surface area contributed by atoms with Gasteiger partial charge >= 0.3 is 0 Å². The molecular weight excluding hydrogens is 166 g/mol. The second kappa shape index (κ2) is 2.71. The van der Waals surface area contributed by atoms with Gasteiger partial charge < -0.3 is 19.4 Å². The molecule has 0 spiro atoms. The van der Waals surface area contributed by atoms with Gasteiger partial charge in [-0.3, -0.25) is 0 Å². The lowest BCUT2D eigenvalue weighted by Gasteiger charge is -2.20. The van der Waals surface area contributed by atoms with Gasteiger partial charge in [-0.05, 0) is 12.1 Å². The summed E-state index contributed by atoms with van der Waals surface area (Å²) in [6.07, 6.45) is 0. The van der Waals surface area contributed by atoms with Crippen molar-refractivity contribution in [3.05, 3.63) is 24.3 Å². The highest BCUT2D eigenvalue weighted by atomic mass is 32.3. The molecule has 5 heteroatoms. The quantitative estimate of drug-likeness (QED) is 0.490. The molecule has 11 heavy (non-hydrogen) atoms. The number of hydrogen-bond acceptors (Lipinski definition) is 4. The zero-order valence-electron chi connectivity index (χ0n) is 5.64. The van der Waals surface area contributed by atoms with E-state index in [1.54, 1.807) is 12.1 Å². The maximum atomic E-state index is 8.78. The number of hydrogen-bond donors (Lipinski definition) is 4. The van der Waals surface area contributed by atoms with Crippen molar-refractivity contribution in [3.8, 4) is 0 Å². The van der Waals surface area contributed by atoms with Crippen LogP contribution in [0.15, 0.2) is 29.2 Å². The SMILES string of the molecule is Nc1ccccc1S(O)(O)O. The summed E-state index contributed by atoms with van der Waals surface area (Å²) in [6, 6.07) is 6.06. The highest BCUT2D eigenvalue weighted by Crippen LogP contribution is 2.46. The van der Waals surface area contributed by atoms with Crippen molar-refractivity contribution < 1.29 is 13.7 Å². The lowest BCUT2D eigenvalue weighted by Crippen LogP contribution is -1.99. The molecule has 0 amide bonds. The van der Waals surface area contributed by atoms with Crippen molar-refractivity contribution in [2.75, 3.05) is 5.73 Å². The number of anilines is 1. The summed E-state index contributed by atoms with van der Waals surface area (Å²) in [4.78, 5) is -0.0278. The third kappa shape index (κ3) is 1.84. The van der Waals surface area contributed by atoms with Crippen molar-refractivity contribution in [2.45, 2.75) is 4.90 Å². The number of para-hydroxylation sites is 1. The summed E-state index contributed by atoms with van der Waals surface area (Å²) in [5.74, 6) is 0. The Labute approximate surface area is 65.8 Å². The van der Waals surface area contributed by atoms with Gasteiger partial charge in [0.1, 0.15) is 10.9 Å². The fourth-order valence-electron chi connectivity index (χ4n) is 0.730. The number of nitrogen functional groups attached to an aromatic ring is 1. The summed E-state index contributed by atoms with van der Waals surface area (Å²) in [6.45, 7) is 0. The van der Waals surface area contributed by atoms with Crippen LogP contribution in [0, 0.1) is 0 Å². The van der Waals surface area contributed by atoms with Gasteiger partial charge in [-0.25, -0.2) is 0 Å². The first-order valence-electron chi connectivity index (χ1n) is 2.87. The molecule has 0 atom stereocenters. The monoisotopic (exact) mass is 175 g/mol. The fourth-order valence-corrected chi connectivity index (χ4v) is 1.38. The van der Waals surface area contributed by atoms with Crippen molar-refractivity contribution in [1.82, 2.24) is 0 Å². The predicted molar refractivity (Wildman–Crippen MR) is 44.6 cm³/mol. The van der Waals surface area contributed by atoms with Gasteiger partial charge in [-0.1, -0.05) is 12.1 Å². The van der Waals surface area contributed by atoms with Crippen LogP contribution < -0.4 is 5.73 Å². The van der Waals surface area contributed by atoms with Gasteiger partial charge in [0.15, 0.2) is 0 Å². The maximum Gasteiger partial charge on any atom is 0.115 e. The van der Waals surface area contributed by atoms with Gasteiger partial charge in [0, 0.05) is 0 Å². The Hall–Kier alpha value is -0.750. The zero-order chi connectivity index (χ0) is 8.48. The van der Waals surface area contributed by atoms with Crippen LogP contribution in [0.1, 0.15) is 0 Å². The lowest BCUT2D eigenvalue weighted by atomic mass is 10.3. The van der Waals surface area contributed by atoms with Crippen LogP contribution in [0.25, 0.3) is 0 Å². The van der Waals surface area contributed by atoms with Crippen molar-refractivity contribution in [3.63, 3.8) is 0 Å². The largest absolute Gasteiger partial charge is 0.398 e. The minimum absolute atomic E-state index is 0.0278. The summed E-state index contributed by atoms with van der Waals surface area (Å²) in [7, 11) is -3.66. The third-order valence-electron chi connectivity index (χ3n) is 1.21. The molecule has 1 aromatic carbocycles. The second-order valence-electron chi connectivity index (χ2n) is 2.06. The molecule has 0 aliphatic rings. The van der Waals surface area contributed by atoms with Crippen LogP contribution >= 0.6 is 10.9 Å². The first-order chi connectivity index (χ1) is 5.02. The third-order valence-corrected chi connectivity index (χ3v) is 2.18. The van der Waals surface area contributed by atoms with E-state index in [4.69, 9.17) is 19.4 Å². The molecule has 0 aliphatic carbocycles. The van der Waals surface area contributed by atoms with E-state index in [1.807, 2.05) is 0 Å². The number of benzene rings is 1. The Morgan fingerprint density at radius 3 is 2.00 bits per heavy atom. The summed E-state index contributed by atoms with van der Waals surface area (Å²) >= 11 is 0. The van der Waals surface area contributed by atoms with Crippen molar-refractivity contribution in [2.24, 2.45) is 0 Å². The van der Waals surface area contributed by atoms with Gasteiger partial charge in [0.05, 0.1) is 10.6 Å². The van der Waals surface area contributed by atoms with E-state index in [2.05, 4.69) is 0 Å². The molecule has 0 radical (unpaired) electrons. The average Bonchev–Trinajstić information content (AvgIpc) is 1.86. The first-order valence-corrected chi connectivity index (χ1v) is 4.37. The van der Waals surface area contributed by atoms with Crippen LogP contribution in [0.3, 0.4) is 0 Å². The molecule has 1 rings (SSSR count). The van der Waals surface area contributed by atoms with E-state index in [1.165, 1.54) is 12.1 Å². The van der Waals surface area contributed by atoms with Crippen LogP contribution in [0.4, 0.5) is 5.69 Å². The normalized spacial score (nSPS) is 13.0. The second-order valence-corrected chi connectivity index (χ2v) is 3.53. The molecule has 0 bridgehead atoms. The van der Waals surface area contributed by atoms with Crippen LogP contribution in [-0.2, 0) is 0 Å². The topological polar surface area (TPSA) is 86.7 Å². The molecule has 0 fully saturated rings. The van der Waals surface area contributed by atoms with Crippen molar-refractivity contribution in [1.29, 1.82) is 0 Å². The highest BCUT2D eigenvalue weighted by molar-refractivity contribution is 8.19. The molecule has 0 saturated carbocycles. The summed E-state index contributed by atoms with van der Waals surface area (Å²) in [5.41, 5.74) is 5.52. The Morgan fingerprint density at radius 1 is 1.09 bits per heavy atom. The maximum absolute atomic E-state index is 8.78. The molecule has 5 N–H and O–H groups in total. The van der Waals surface area contributed by atoms with Crippen LogP contribution in [-0.4, -0.2) is 13.7 Å². The Bertz CT molecular complexity index is 258. The summed E-state index contributed by atoms with van der Waals surface area (Å²) in [5, 5.41) is 0. The standard InChI is InChI=1S/C6H9NO3S/c7-5-3-1-2-4-6(5)11(8,9)10/h1-4,8-10H,7H2. The lowest BCUT2D eigenvalue weighted by molar-refractivity contribution is 0.376. The first kappa shape index (κ1) is 8.35. The Morgan fingerprint density at radius 2 is 1.64 bits per heavy atom. The van der Waals surface area contributed by atoms with E-state index >= 15 is 0 Å². The molecule has 0 aromatic heterocycles. The molecular formula is C6H9NO3S. The van der Waals surface area contributed by atoms with E-state index in [0.717, 1.165) is 0 Å². The molecule has 0 aliphatic heterocycles. The van der Waals surface area contributed by atoms with E-state index < -0.39 is 10.9 Å². The molecule has 0 saturated heterocycles. The van der Waals surface area contributed by atoms with Crippen LogP contribution in [0.2, 0.25) is 0 Å². The molecule has 4 nitrogen and oxygen atoms in total. The van der Waals surface area contributed by atoms with E-state index in [0.29, 0.717) is 0 Å². The molecule has 62 valence electrons. The van der Waals surface area contributed by atoms with E-state index in [9.17, 15) is 0 Å².